The molecule has 1 saturated carbocycles. The Morgan fingerprint density at radius 2 is 1.76 bits per heavy atom. The molecule has 2 aliphatic rings. The van der Waals surface area contributed by atoms with Crippen molar-refractivity contribution in [3.05, 3.63) is 35.4 Å². The maximum Gasteiger partial charge on any atom is 0.417 e. The van der Waals surface area contributed by atoms with Gasteiger partial charge < -0.3 is 4.90 Å². The van der Waals surface area contributed by atoms with Gasteiger partial charge in [0.15, 0.2) is 9.84 Å². The van der Waals surface area contributed by atoms with Crippen LogP contribution in [0.4, 0.5) is 26.3 Å². The smallest absolute Gasteiger partial charge is 0.341 e. The van der Waals surface area contributed by atoms with Gasteiger partial charge in [0.1, 0.15) is 17.1 Å². The predicted octanol–water partition coefficient (Wildman–Crippen LogP) is 3.62. The van der Waals surface area contributed by atoms with Crippen LogP contribution < -0.4 is 0 Å². The van der Waals surface area contributed by atoms with Crippen molar-refractivity contribution in [3.8, 4) is 5.69 Å². The lowest BCUT2D eigenvalue weighted by molar-refractivity contribution is -0.197. The number of rotatable bonds is 4. The summed E-state index contributed by atoms with van der Waals surface area (Å²) in [6.45, 7) is 2.19. The molecule has 2 aromatic rings. The highest BCUT2D eigenvalue weighted by Crippen LogP contribution is 2.59. The van der Waals surface area contributed by atoms with E-state index in [1.54, 1.807) is 6.92 Å². The van der Waals surface area contributed by atoms with Crippen molar-refractivity contribution in [1.29, 1.82) is 0 Å². The molecule has 4 rings (SSSR count). The molecule has 1 aromatic carbocycles. The van der Waals surface area contributed by atoms with E-state index in [0.29, 0.717) is 17.7 Å². The Labute approximate surface area is 190 Å². The molecule has 1 aliphatic heterocycles. The number of benzene rings is 1. The lowest BCUT2D eigenvalue weighted by Gasteiger charge is -2.25. The Hall–Kier alpha value is -2.64. The summed E-state index contributed by atoms with van der Waals surface area (Å²) in [6.07, 6.45) is -10.8. The van der Waals surface area contributed by atoms with Crippen LogP contribution in [0.2, 0.25) is 0 Å². The molecule has 1 atom stereocenters. The maximum atomic E-state index is 13.9. The largest absolute Gasteiger partial charge is 0.417 e. The Bertz CT molecular complexity index is 1250. The number of carbonyl (C=O) groups excluding carboxylic acids is 1. The van der Waals surface area contributed by atoms with E-state index in [-0.39, 0.29) is 31.5 Å². The molecule has 1 aliphatic carbocycles. The van der Waals surface area contributed by atoms with Gasteiger partial charge in [-0.1, -0.05) is 0 Å². The Kier molecular flexibility index (Phi) is 5.53. The standard InChI is InChI=1S/C20H20F6N4O3S/c1-11-27-12(2)30(28-11)13-3-4-16(15(9-13)19(21,22)23)34(32,33)14-5-8-29(10-14)17(31)18(6-7-18)20(24,25)26/h3-4,9,14H,5-8,10H2,1-2H3. The molecule has 1 aromatic heterocycles. The van der Waals surface area contributed by atoms with Crippen LogP contribution >= 0.6 is 0 Å². The number of nitrogens with zero attached hydrogens (tertiary/aromatic N) is 4. The first kappa shape index (κ1) is 24.5. The third-order valence-electron chi connectivity index (χ3n) is 6.27. The van der Waals surface area contributed by atoms with Gasteiger partial charge in [0, 0.05) is 13.1 Å². The molecule has 186 valence electrons. The monoisotopic (exact) mass is 510 g/mol. The fourth-order valence-corrected chi connectivity index (χ4v) is 6.17. The van der Waals surface area contributed by atoms with Gasteiger partial charge in [-0.05, 0) is 51.3 Å². The first-order valence-electron chi connectivity index (χ1n) is 10.3. The summed E-state index contributed by atoms with van der Waals surface area (Å²) < 4.78 is 109. The van der Waals surface area contributed by atoms with E-state index < -0.39 is 55.8 Å². The average Bonchev–Trinajstić information content (AvgIpc) is 3.27. The summed E-state index contributed by atoms with van der Waals surface area (Å²) >= 11 is 0. The molecule has 2 fully saturated rings. The lowest BCUT2D eigenvalue weighted by atomic mass is 10.1. The van der Waals surface area contributed by atoms with Crippen LogP contribution in [-0.4, -0.2) is 58.5 Å². The number of alkyl halides is 6. The average molecular weight is 510 g/mol. The summed E-state index contributed by atoms with van der Waals surface area (Å²) in [5.41, 5.74) is -3.98. The molecule has 0 N–H and O–H groups in total. The zero-order valence-corrected chi connectivity index (χ0v) is 18.9. The second-order valence-corrected chi connectivity index (χ2v) is 10.8. The highest BCUT2D eigenvalue weighted by molar-refractivity contribution is 7.92. The Morgan fingerprint density at radius 1 is 1.12 bits per heavy atom. The van der Waals surface area contributed by atoms with Gasteiger partial charge in [-0.3, -0.25) is 4.79 Å². The maximum absolute atomic E-state index is 13.9. The third kappa shape index (κ3) is 3.95. The second-order valence-electron chi connectivity index (χ2n) is 8.58. The highest BCUT2D eigenvalue weighted by atomic mass is 32.2. The number of likely N-dealkylation sites (tertiary alicyclic amines) is 1. The quantitative estimate of drug-likeness (QED) is 0.587. The number of aryl methyl sites for hydroxylation is 2. The molecule has 34 heavy (non-hydrogen) atoms. The molecule has 14 heteroatoms. The van der Waals surface area contributed by atoms with Crippen LogP contribution in [0.1, 0.15) is 36.5 Å². The Balaban J connectivity index is 1.66. The number of hydrogen-bond acceptors (Lipinski definition) is 5. The van der Waals surface area contributed by atoms with E-state index >= 15 is 0 Å². The van der Waals surface area contributed by atoms with Crippen LogP contribution in [0.15, 0.2) is 23.1 Å². The number of halogens is 6. The van der Waals surface area contributed by atoms with Gasteiger partial charge in [-0.25, -0.2) is 18.1 Å². The number of carbonyl (C=O) groups is 1. The van der Waals surface area contributed by atoms with Crippen LogP contribution in [0, 0.1) is 19.3 Å². The predicted molar refractivity (Wildman–Crippen MR) is 106 cm³/mol. The molecular weight excluding hydrogens is 490 g/mol. The summed E-state index contributed by atoms with van der Waals surface area (Å²) in [5, 5.41) is 2.55. The van der Waals surface area contributed by atoms with Crippen molar-refractivity contribution in [2.75, 3.05) is 13.1 Å². The normalized spacial score (nSPS) is 20.6. The molecule has 1 saturated heterocycles. The highest BCUT2D eigenvalue weighted by Gasteiger charge is 2.69. The molecule has 1 unspecified atom stereocenters. The van der Waals surface area contributed by atoms with Crippen LogP contribution in [0.5, 0.6) is 0 Å². The zero-order valence-electron chi connectivity index (χ0n) is 18.0. The Morgan fingerprint density at radius 3 is 2.26 bits per heavy atom. The van der Waals surface area contributed by atoms with E-state index in [1.807, 2.05) is 0 Å². The van der Waals surface area contributed by atoms with Crippen molar-refractivity contribution in [1.82, 2.24) is 19.7 Å². The number of hydrogen-bond donors (Lipinski definition) is 0. The van der Waals surface area contributed by atoms with E-state index in [2.05, 4.69) is 10.1 Å². The van der Waals surface area contributed by atoms with Crippen molar-refractivity contribution in [2.45, 2.75) is 55.6 Å². The van der Waals surface area contributed by atoms with Crippen molar-refractivity contribution >= 4 is 15.7 Å². The lowest BCUT2D eigenvalue weighted by Crippen LogP contribution is -2.43. The van der Waals surface area contributed by atoms with Gasteiger partial charge in [0.2, 0.25) is 5.91 Å². The second kappa shape index (κ2) is 7.68. The summed E-state index contributed by atoms with van der Waals surface area (Å²) in [6, 6.07) is 2.62. The minimum absolute atomic E-state index is 0.0477. The number of sulfone groups is 1. The summed E-state index contributed by atoms with van der Waals surface area (Å²) in [7, 11) is -4.62. The summed E-state index contributed by atoms with van der Waals surface area (Å²) in [4.78, 5) is 16.3. The van der Waals surface area contributed by atoms with Gasteiger partial charge in [-0.15, -0.1) is 0 Å². The molecule has 7 nitrogen and oxygen atoms in total. The minimum atomic E-state index is -5.04. The molecule has 0 radical (unpaired) electrons. The summed E-state index contributed by atoms with van der Waals surface area (Å²) in [5.74, 6) is -0.614. The van der Waals surface area contributed by atoms with Crippen LogP contribution in [-0.2, 0) is 20.8 Å². The SMILES string of the molecule is Cc1nc(C)n(-c2ccc(S(=O)(=O)C3CCN(C(=O)C4(C(F)(F)F)CC4)C3)c(C(F)(F)F)c2)n1. The number of aromatic nitrogens is 3. The van der Waals surface area contributed by atoms with Crippen molar-refractivity contribution in [3.63, 3.8) is 0 Å². The van der Waals surface area contributed by atoms with E-state index in [1.165, 1.54) is 6.92 Å². The van der Waals surface area contributed by atoms with Crippen LogP contribution in [0.25, 0.3) is 5.69 Å². The van der Waals surface area contributed by atoms with E-state index in [0.717, 1.165) is 21.7 Å². The van der Waals surface area contributed by atoms with Crippen molar-refractivity contribution in [2.24, 2.45) is 5.41 Å². The molecule has 0 spiro atoms. The molecular formula is C20H20F6N4O3S. The van der Waals surface area contributed by atoms with Gasteiger partial charge in [0.25, 0.3) is 0 Å². The molecule has 1 amide bonds. The third-order valence-corrected chi connectivity index (χ3v) is 8.50. The van der Waals surface area contributed by atoms with E-state index in [9.17, 15) is 39.6 Å². The molecule has 2 heterocycles. The van der Waals surface area contributed by atoms with E-state index in [4.69, 9.17) is 0 Å². The minimum Gasteiger partial charge on any atom is -0.341 e. The molecule has 0 bridgehead atoms. The van der Waals surface area contributed by atoms with Gasteiger partial charge >= 0.3 is 12.4 Å². The van der Waals surface area contributed by atoms with Crippen molar-refractivity contribution < 1.29 is 39.6 Å². The fraction of sp³-hybridized carbons (Fsp3) is 0.550. The van der Waals surface area contributed by atoms with Gasteiger partial charge in [0.05, 0.1) is 21.4 Å². The fourth-order valence-electron chi connectivity index (χ4n) is 4.28. The van der Waals surface area contributed by atoms with Gasteiger partial charge in [-0.2, -0.15) is 31.4 Å². The first-order valence-corrected chi connectivity index (χ1v) is 11.8. The topological polar surface area (TPSA) is 85.2 Å². The zero-order chi connectivity index (χ0) is 25.3. The first-order chi connectivity index (χ1) is 15.6. The van der Waals surface area contributed by atoms with Crippen LogP contribution in [0.3, 0.4) is 0 Å². The number of amides is 1.